The zero-order chi connectivity index (χ0) is 11.0. The van der Waals surface area contributed by atoms with Crippen LogP contribution >= 0.6 is 0 Å². The van der Waals surface area contributed by atoms with Crippen molar-refractivity contribution in [3.63, 3.8) is 0 Å². The van der Waals surface area contributed by atoms with Gasteiger partial charge < -0.3 is 11.1 Å². The average molecular weight is 204 g/mol. The maximum atomic E-state index is 11.4. The second kappa shape index (κ2) is 3.66. The van der Waals surface area contributed by atoms with Gasteiger partial charge in [0.05, 0.1) is 6.04 Å². The van der Waals surface area contributed by atoms with E-state index in [1.807, 2.05) is 6.07 Å². The number of nitrogens with two attached hydrogens (primary N) is 1. The Balaban J connectivity index is 2.37. The van der Waals surface area contributed by atoms with E-state index >= 15 is 0 Å². The first-order chi connectivity index (χ1) is 7.08. The summed E-state index contributed by atoms with van der Waals surface area (Å²) in [6, 6.07) is 5.81. The van der Waals surface area contributed by atoms with E-state index in [9.17, 15) is 4.79 Å². The molecule has 3 nitrogen and oxygen atoms in total. The molecule has 0 spiro atoms. The summed E-state index contributed by atoms with van der Waals surface area (Å²) >= 11 is 0. The predicted molar refractivity (Wildman–Crippen MR) is 60.8 cm³/mol. The van der Waals surface area contributed by atoms with Gasteiger partial charge >= 0.3 is 0 Å². The molecule has 0 aliphatic carbocycles. The van der Waals surface area contributed by atoms with Gasteiger partial charge in [0.25, 0.3) is 0 Å². The molecule has 0 radical (unpaired) electrons. The van der Waals surface area contributed by atoms with Gasteiger partial charge in [-0.2, -0.15) is 0 Å². The van der Waals surface area contributed by atoms with Crippen LogP contribution in [0.3, 0.4) is 0 Å². The van der Waals surface area contributed by atoms with E-state index in [0.29, 0.717) is 12.3 Å². The van der Waals surface area contributed by atoms with E-state index in [2.05, 4.69) is 31.3 Å². The van der Waals surface area contributed by atoms with Crippen LogP contribution in [0.25, 0.3) is 0 Å². The van der Waals surface area contributed by atoms with Gasteiger partial charge in [-0.15, -0.1) is 0 Å². The summed E-state index contributed by atoms with van der Waals surface area (Å²) in [6.07, 6.45) is 0.638. The quantitative estimate of drug-likeness (QED) is 0.730. The number of amides is 1. The van der Waals surface area contributed by atoms with Crippen molar-refractivity contribution in [3.8, 4) is 0 Å². The first-order valence-electron chi connectivity index (χ1n) is 5.27. The largest absolute Gasteiger partial charge is 0.324 e. The molecule has 1 unspecified atom stereocenters. The molecule has 1 atom stereocenters. The summed E-state index contributed by atoms with van der Waals surface area (Å²) in [5, 5.41) is 2.84. The van der Waals surface area contributed by atoms with Gasteiger partial charge in [-0.3, -0.25) is 4.79 Å². The second-order valence-electron chi connectivity index (χ2n) is 4.37. The molecule has 0 saturated carbocycles. The number of nitrogens with one attached hydrogen (secondary N) is 1. The van der Waals surface area contributed by atoms with Gasteiger partial charge in [-0.1, -0.05) is 26.0 Å². The van der Waals surface area contributed by atoms with Gasteiger partial charge in [-0.05, 0) is 29.5 Å². The van der Waals surface area contributed by atoms with Gasteiger partial charge in [0.1, 0.15) is 0 Å². The monoisotopic (exact) mass is 204 g/mol. The molecule has 1 amide bonds. The van der Waals surface area contributed by atoms with Crippen LogP contribution in [-0.2, 0) is 11.2 Å². The van der Waals surface area contributed by atoms with E-state index in [1.54, 1.807) is 0 Å². The molecule has 0 fully saturated rings. The topological polar surface area (TPSA) is 55.1 Å². The van der Waals surface area contributed by atoms with Crippen LogP contribution < -0.4 is 11.1 Å². The zero-order valence-corrected chi connectivity index (χ0v) is 9.08. The minimum absolute atomic E-state index is 0.0802. The molecular weight excluding hydrogens is 188 g/mol. The number of carbonyl (C=O) groups excluding carboxylic acids is 1. The average Bonchev–Trinajstić information content (AvgIpc) is 2.19. The lowest BCUT2D eigenvalue weighted by Gasteiger charge is -2.22. The van der Waals surface area contributed by atoms with Crippen molar-refractivity contribution in [3.05, 3.63) is 29.3 Å². The number of carbonyl (C=O) groups is 1. The van der Waals surface area contributed by atoms with E-state index < -0.39 is 6.04 Å². The van der Waals surface area contributed by atoms with Crippen LogP contribution in [0.4, 0.5) is 5.69 Å². The van der Waals surface area contributed by atoms with Crippen LogP contribution in [0.2, 0.25) is 0 Å². The number of rotatable bonds is 1. The summed E-state index contributed by atoms with van der Waals surface area (Å²) in [5.41, 5.74) is 8.97. The molecule has 2 rings (SSSR count). The summed E-state index contributed by atoms with van der Waals surface area (Å²) < 4.78 is 0. The molecule has 15 heavy (non-hydrogen) atoms. The SMILES string of the molecule is CC(C)c1ccc2c(c1)NC(=O)C(N)C2. The van der Waals surface area contributed by atoms with Crippen molar-refractivity contribution in [2.24, 2.45) is 5.73 Å². The minimum Gasteiger partial charge on any atom is -0.324 e. The molecule has 0 bridgehead atoms. The fraction of sp³-hybridized carbons (Fsp3) is 0.417. The fourth-order valence-electron chi connectivity index (χ4n) is 1.80. The van der Waals surface area contributed by atoms with Crippen LogP contribution in [0.15, 0.2) is 18.2 Å². The lowest BCUT2D eigenvalue weighted by molar-refractivity contribution is -0.117. The molecule has 1 aromatic carbocycles. The summed E-state index contributed by atoms with van der Waals surface area (Å²) in [7, 11) is 0. The Morgan fingerprint density at radius 1 is 1.47 bits per heavy atom. The summed E-state index contributed by atoms with van der Waals surface area (Å²) in [6.45, 7) is 4.27. The van der Waals surface area contributed by atoms with Crippen LogP contribution in [0, 0.1) is 0 Å². The highest BCUT2D eigenvalue weighted by atomic mass is 16.2. The maximum Gasteiger partial charge on any atom is 0.241 e. The zero-order valence-electron chi connectivity index (χ0n) is 9.08. The van der Waals surface area contributed by atoms with Crippen molar-refractivity contribution < 1.29 is 4.79 Å². The lowest BCUT2D eigenvalue weighted by atomic mass is 9.94. The molecule has 3 heteroatoms. The Bertz CT molecular complexity index is 399. The number of hydrogen-bond acceptors (Lipinski definition) is 2. The van der Waals surface area contributed by atoms with E-state index in [4.69, 9.17) is 5.73 Å². The lowest BCUT2D eigenvalue weighted by Crippen LogP contribution is -2.41. The number of anilines is 1. The molecule has 1 aliphatic heterocycles. The van der Waals surface area contributed by atoms with Crippen LogP contribution in [-0.4, -0.2) is 11.9 Å². The van der Waals surface area contributed by atoms with Gasteiger partial charge in [0.15, 0.2) is 0 Å². The highest BCUT2D eigenvalue weighted by Crippen LogP contribution is 2.26. The normalized spacial score (nSPS) is 20.0. The summed E-state index contributed by atoms with van der Waals surface area (Å²) in [4.78, 5) is 11.4. The molecule has 3 N–H and O–H groups in total. The Labute approximate surface area is 89.7 Å². The highest BCUT2D eigenvalue weighted by Gasteiger charge is 2.22. The van der Waals surface area contributed by atoms with E-state index in [0.717, 1.165) is 11.3 Å². The number of fused-ring (bicyclic) bond motifs is 1. The number of benzene rings is 1. The summed E-state index contributed by atoms with van der Waals surface area (Å²) in [5.74, 6) is 0.395. The second-order valence-corrected chi connectivity index (χ2v) is 4.37. The van der Waals surface area contributed by atoms with Crippen molar-refractivity contribution in [2.75, 3.05) is 5.32 Å². The van der Waals surface area contributed by atoms with Crippen molar-refractivity contribution in [1.29, 1.82) is 0 Å². The predicted octanol–water partition coefficient (Wildman–Crippen LogP) is 1.63. The molecule has 0 aromatic heterocycles. The third-order valence-corrected chi connectivity index (χ3v) is 2.84. The van der Waals surface area contributed by atoms with Gasteiger partial charge in [0.2, 0.25) is 5.91 Å². The first kappa shape index (κ1) is 10.2. The highest BCUT2D eigenvalue weighted by molar-refractivity contribution is 5.97. The van der Waals surface area contributed by atoms with Crippen LogP contribution in [0.1, 0.15) is 30.9 Å². The molecule has 0 saturated heterocycles. The third kappa shape index (κ3) is 1.88. The van der Waals surface area contributed by atoms with Gasteiger partial charge in [0, 0.05) is 5.69 Å². The Morgan fingerprint density at radius 2 is 2.20 bits per heavy atom. The smallest absolute Gasteiger partial charge is 0.241 e. The third-order valence-electron chi connectivity index (χ3n) is 2.84. The maximum absolute atomic E-state index is 11.4. The number of hydrogen-bond donors (Lipinski definition) is 2. The van der Waals surface area contributed by atoms with Crippen molar-refractivity contribution in [2.45, 2.75) is 32.2 Å². The minimum atomic E-state index is -0.401. The fourth-order valence-corrected chi connectivity index (χ4v) is 1.80. The van der Waals surface area contributed by atoms with E-state index in [-0.39, 0.29) is 5.91 Å². The molecule has 80 valence electrons. The Kier molecular flexibility index (Phi) is 2.49. The molecule has 1 aromatic rings. The first-order valence-corrected chi connectivity index (χ1v) is 5.27. The van der Waals surface area contributed by atoms with Crippen molar-refractivity contribution >= 4 is 11.6 Å². The Morgan fingerprint density at radius 3 is 2.87 bits per heavy atom. The van der Waals surface area contributed by atoms with Gasteiger partial charge in [-0.25, -0.2) is 0 Å². The van der Waals surface area contributed by atoms with Crippen LogP contribution in [0.5, 0.6) is 0 Å². The van der Waals surface area contributed by atoms with Crippen molar-refractivity contribution in [1.82, 2.24) is 0 Å². The molecule has 1 heterocycles. The standard InChI is InChI=1S/C12H16N2O/c1-7(2)8-3-4-9-5-10(13)12(15)14-11(9)6-8/h3-4,6-7,10H,5,13H2,1-2H3,(H,14,15). The molecule has 1 aliphatic rings. The van der Waals surface area contributed by atoms with E-state index in [1.165, 1.54) is 5.56 Å². The molecular formula is C12H16N2O. The Hall–Kier alpha value is -1.35.